The largest absolute Gasteiger partial charge is 0.385 e. The van der Waals surface area contributed by atoms with Crippen molar-refractivity contribution in [2.24, 2.45) is 23.7 Å². The van der Waals surface area contributed by atoms with Crippen molar-refractivity contribution in [3.63, 3.8) is 0 Å². The SMILES string of the molecule is O=C1C[C@@H](Cc2ccc(NC[C@H]3C[C@H]4C=C[C@H]3C4)cc2)C(=O)N1. The van der Waals surface area contributed by atoms with Crippen LogP contribution in [0.25, 0.3) is 0 Å². The molecule has 4 rings (SSSR count). The van der Waals surface area contributed by atoms with Crippen LogP contribution in [0.4, 0.5) is 5.69 Å². The van der Waals surface area contributed by atoms with E-state index in [0.29, 0.717) is 12.8 Å². The fraction of sp³-hybridized carbons (Fsp3) is 0.474. The minimum absolute atomic E-state index is 0.137. The van der Waals surface area contributed by atoms with Gasteiger partial charge in [0.25, 0.3) is 0 Å². The standard InChI is InChI=1S/C19H22N2O2/c22-18-10-15(19(23)21-18)7-12-2-5-17(6-3-12)20-11-16-9-13-1-4-14(16)8-13/h1-6,13-16,20H,7-11H2,(H,21,22,23)/t13-,14-,15+,16+/m0/s1. The molecule has 1 aromatic carbocycles. The molecule has 4 heteroatoms. The van der Waals surface area contributed by atoms with Gasteiger partial charge in [-0.2, -0.15) is 0 Å². The third-order valence-electron chi connectivity index (χ3n) is 5.49. The molecule has 0 unspecified atom stereocenters. The second kappa shape index (κ2) is 5.84. The van der Waals surface area contributed by atoms with E-state index in [1.54, 1.807) is 0 Å². The van der Waals surface area contributed by atoms with E-state index < -0.39 is 0 Å². The lowest BCUT2D eigenvalue weighted by molar-refractivity contribution is -0.125. The molecule has 120 valence electrons. The van der Waals surface area contributed by atoms with Gasteiger partial charge >= 0.3 is 0 Å². The van der Waals surface area contributed by atoms with E-state index in [4.69, 9.17) is 0 Å². The molecule has 3 aliphatic rings. The molecular weight excluding hydrogens is 288 g/mol. The predicted molar refractivity (Wildman–Crippen MR) is 88.7 cm³/mol. The van der Waals surface area contributed by atoms with Crippen LogP contribution in [-0.4, -0.2) is 18.4 Å². The first-order valence-corrected chi connectivity index (χ1v) is 8.52. The van der Waals surface area contributed by atoms with E-state index in [2.05, 4.69) is 47.1 Å². The number of benzene rings is 1. The number of fused-ring (bicyclic) bond motifs is 2. The molecule has 2 bridgehead atoms. The molecule has 2 fully saturated rings. The highest BCUT2D eigenvalue weighted by molar-refractivity contribution is 6.03. The Kier molecular flexibility index (Phi) is 3.68. The Bertz CT molecular complexity index is 650. The smallest absolute Gasteiger partial charge is 0.230 e. The summed E-state index contributed by atoms with van der Waals surface area (Å²) in [7, 11) is 0. The summed E-state index contributed by atoms with van der Waals surface area (Å²) in [5.41, 5.74) is 2.24. The van der Waals surface area contributed by atoms with Crippen molar-refractivity contribution in [2.45, 2.75) is 25.7 Å². The van der Waals surface area contributed by atoms with Crippen LogP contribution in [0.15, 0.2) is 36.4 Å². The maximum Gasteiger partial charge on any atom is 0.230 e. The summed E-state index contributed by atoms with van der Waals surface area (Å²) in [6, 6.07) is 8.26. The van der Waals surface area contributed by atoms with Crippen LogP contribution in [0.5, 0.6) is 0 Å². The molecule has 0 radical (unpaired) electrons. The highest BCUT2D eigenvalue weighted by atomic mass is 16.2. The number of allylic oxidation sites excluding steroid dienone is 2. The van der Waals surface area contributed by atoms with Crippen molar-refractivity contribution < 1.29 is 9.59 Å². The van der Waals surface area contributed by atoms with Gasteiger partial charge in [0.15, 0.2) is 0 Å². The van der Waals surface area contributed by atoms with E-state index in [-0.39, 0.29) is 17.7 Å². The maximum absolute atomic E-state index is 11.6. The van der Waals surface area contributed by atoms with Crippen molar-refractivity contribution in [3.8, 4) is 0 Å². The lowest BCUT2D eigenvalue weighted by atomic mass is 9.93. The molecule has 2 amide bonds. The van der Waals surface area contributed by atoms with Crippen LogP contribution in [0.2, 0.25) is 0 Å². The molecule has 0 spiro atoms. The topological polar surface area (TPSA) is 58.2 Å². The zero-order chi connectivity index (χ0) is 15.8. The maximum atomic E-state index is 11.6. The fourth-order valence-electron chi connectivity index (χ4n) is 4.19. The van der Waals surface area contributed by atoms with Gasteiger partial charge < -0.3 is 5.32 Å². The van der Waals surface area contributed by atoms with Crippen LogP contribution in [0.3, 0.4) is 0 Å². The average molecular weight is 310 g/mol. The van der Waals surface area contributed by atoms with Gasteiger partial charge in [0, 0.05) is 18.7 Å². The van der Waals surface area contributed by atoms with E-state index >= 15 is 0 Å². The number of anilines is 1. The first-order valence-electron chi connectivity index (χ1n) is 8.52. The second-order valence-electron chi connectivity index (χ2n) is 7.14. The van der Waals surface area contributed by atoms with Crippen molar-refractivity contribution >= 4 is 17.5 Å². The third-order valence-corrected chi connectivity index (χ3v) is 5.49. The van der Waals surface area contributed by atoms with Gasteiger partial charge in [-0.05, 0) is 54.7 Å². The summed E-state index contributed by atoms with van der Waals surface area (Å²) in [5.74, 6) is 1.85. The molecule has 1 saturated carbocycles. The van der Waals surface area contributed by atoms with Gasteiger partial charge in [-0.1, -0.05) is 24.3 Å². The summed E-state index contributed by atoms with van der Waals surface area (Å²) >= 11 is 0. The Labute approximate surface area is 136 Å². The number of amides is 2. The molecule has 1 aromatic rings. The summed E-state index contributed by atoms with van der Waals surface area (Å²) in [6.45, 7) is 1.03. The van der Waals surface area contributed by atoms with Gasteiger partial charge in [-0.3, -0.25) is 14.9 Å². The third kappa shape index (κ3) is 3.03. The molecule has 1 saturated heterocycles. The van der Waals surface area contributed by atoms with Crippen LogP contribution in [-0.2, 0) is 16.0 Å². The lowest BCUT2D eigenvalue weighted by Crippen LogP contribution is -2.22. The van der Waals surface area contributed by atoms with Gasteiger partial charge in [-0.25, -0.2) is 0 Å². The normalized spacial score (nSPS) is 31.7. The van der Waals surface area contributed by atoms with Crippen molar-refractivity contribution in [3.05, 3.63) is 42.0 Å². The lowest BCUT2D eigenvalue weighted by Gasteiger charge is -2.19. The summed E-state index contributed by atoms with van der Waals surface area (Å²) in [5, 5.41) is 5.91. The van der Waals surface area contributed by atoms with E-state index in [1.807, 2.05) is 0 Å². The minimum Gasteiger partial charge on any atom is -0.385 e. The van der Waals surface area contributed by atoms with Crippen LogP contribution in [0, 0.1) is 23.7 Å². The molecule has 1 heterocycles. The number of hydrogen-bond acceptors (Lipinski definition) is 3. The summed E-state index contributed by atoms with van der Waals surface area (Å²) < 4.78 is 0. The quantitative estimate of drug-likeness (QED) is 0.649. The summed E-state index contributed by atoms with van der Waals surface area (Å²) in [6.07, 6.45) is 8.37. The van der Waals surface area contributed by atoms with E-state index in [0.717, 1.165) is 35.5 Å². The zero-order valence-electron chi connectivity index (χ0n) is 13.1. The van der Waals surface area contributed by atoms with E-state index in [1.165, 1.54) is 12.8 Å². The van der Waals surface area contributed by atoms with Gasteiger partial charge in [0.05, 0.1) is 5.92 Å². The first kappa shape index (κ1) is 14.5. The zero-order valence-corrected chi connectivity index (χ0v) is 13.1. The number of rotatable bonds is 5. The van der Waals surface area contributed by atoms with Crippen LogP contribution < -0.4 is 10.6 Å². The second-order valence-corrected chi connectivity index (χ2v) is 7.14. The fourth-order valence-corrected chi connectivity index (χ4v) is 4.19. The van der Waals surface area contributed by atoms with Crippen molar-refractivity contribution in [1.82, 2.24) is 5.32 Å². The highest BCUT2D eigenvalue weighted by Gasteiger charge is 2.35. The first-order chi connectivity index (χ1) is 11.2. The number of imide groups is 1. The van der Waals surface area contributed by atoms with Gasteiger partial charge in [0.1, 0.15) is 0 Å². The molecule has 2 N–H and O–H groups in total. The molecule has 1 aliphatic heterocycles. The van der Waals surface area contributed by atoms with Gasteiger partial charge in [-0.15, -0.1) is 0 Å². The number of nitrogens with one attached hydrogen (secondary N) is 2. The number of carbonyl (C=O) groups excluding carboxylic acids is 2. The van der Waals surface area contributed by atoms with Crippen LogP contribution >= 0.6 is 0 Å². The minimum atomic E-state index is -0.206. The van der Waals surface area contributed by atoms with Crippen LogP contribution in [0.1, 0.15) is 24.8 Å². The van der Waals surface area contributed by atoms with E-state index in [9.17, 15) is 9.59 Å². The van der Waals surface area contributed by atoms with Crippen molar-refractivity contribution in [1.29, 1.82) is 0 Å². The Balaban J connectivity index is 1.30. The Hall–Kier alpha value is -2.10. The Morgan fingerprint density at radius 2 is 1.91 bits per heavy atom. The average Bonchev–Trinajstić information content (AvgIpc) is 3.23. The highest BCUT2D eigenvalue weighted by Crippen LogP contribution is 2.43. The number of hydrogen-bond donors (Lipinski definition) is 2. The number of carbonyl (C=O) groups is 2. The molecular formula is C19H22N2O2. The Morgan fingerprint density at radius 3 is 2.52 bits per heavy atom. The molecule has 23 heavy (non-hydrogen) atoms. The molecule has 4 nitrogen and oxygen atoms in total. The predicted octanol–water partition coefficient (Wildman–Crippen LogP) is 2.52. The Morgan fingerprint density at radius 1 is 1.09 bits per heavy atom. The molecule has 2 aliphatic carbocycles. The van der Waals surface area contributed by atoms with Gasteiger partial charge in [0.2, 0.25) is 11.8 Å². The molecule has 4 atom stereocenters. The summed E-state index contributed by atoms with van der Waals surface area (Å²) in [4.78, 5) is 22.8. The molecule has 0 aromatic heterocycles. The van der Waals surface area contributed by atoms with Crippen molar-refractivity contribution in [2.75, 3.05) is 11.9 Å². The monoisotopic (exact) mass is 310 g/mol.